The van der Waals surface area contributed by atoms with E-state index in [0.717, 1.165) is 12.1 Å². The first-order chi connectivity index (χ1) is 9.02. The molecular formula is C14H11F2NO2. The number of hydrogen-bond donors (Lipinski definition) is 1. The molecular weight excluding hydrogens is 252 g/mol. The average Bonchev–Trinajstić information content (AvgIpc) is 2.42. The van der Waals surface area contributed by atoms with E-state index in [1.165, 1.54) is 19.2 Å². The van der Waals surface area contributed by atoms with E-state index in [-0.39, 0.29) is 11.3 Å². The lowest BCUT2D eigenvalue weighted by atomic mass is 10.0. The van der Waals surface area contributed by atoms with Crippen molar-refractivity contribution in [2.45, 2.75) is 0 Å². The van der Waals surface area contributed by atoms with Gasteiger partial charge < -0.3 is 10.5 Å². The van der Waals surface area contributed by atoms with E-state index < -0.39 is 17.4 Å². The second-order valence-electron chi connectivity index (χ2n) is 3.91. The van der Waals surface area contributed by atoms with Crippen LogP contribution in [0.1, 0.15) is 15.9 Å². The van der Waals surface area contributed by atoms with Gasteiger partial charge in [-0.15, -0.1) is 0 Å². The molecule has 2 N–H and O–H groups in total. The molecule has 19 heavy (non-hydrogen) atoms. The smallest absolute Gasteiger partial charge is 0.195 e. The summed E-state index contributed by atoms with van der Waals surface area (Å²) in [7, 11) is 1.50. The van der Waals surface area contributed by atoms with Gasteiger partial charge in [0.2, 0.25) is 0 Å². The standard InChI is InChI=1S/C14H11F2NO2/c1-19-9-4-2-8(3-5-9)14(18)10-6-11(15)12(16)7-13(10)17/h2-7H,17H2,1H3. The van der Waals surface area contributed by atoms with Crippen molar-refractivity contribution in [2.75, 3.05) is 12.8 Å². The molecule has 98 valence electrons. The fraction of sp³-hybridized carbons (Fsp3) is 0.0714. The SMILES string of the molecule is COc1ccc(C(=O)c2cc(F)c(F)cc2N)cc1. The molecule has 0 saturated heterocycles. The Kier molecular flexibility index (Phi) is 3.46. The summed E-state index contributed by atoms with van der Waals surface area (Å²) in [5, 5.41) is 0. The molecule has 0 saturated carbocycles. The summed E-state index contributed by atoms with van der Waals surface area (Å²) in [6.07, 6.45) is 0. The molecule has 0 radical (unpaired) electrons. The Morgan fingerprint density at radius 1 is 1.11 bits per heavy atom. The normalized spacial score (nSPS) is 10.3. The Morgan fingerprint density at radius 3 is 2.26 bits per heavy atom. The highest BCUT2D eigenvalue weighted by atomic mass is 19.2. The number of carbonyl (C=O) groups excluding carboxylic acids is 1. The van der Waals surface area contributed by atoms with Gasteiger partial charge in [-0.1, -0.05) is 0 Å². The van der Waals surface area contributed by atoms with Crippen LogP contribution in [0.2, 0.25) is 0 Å². The Hall–Kier alpha value is -2.43. The van der Waals surface area contributed by atoms with Gasteiger partial charge in [-0.25, -0.2) is 8.78 Å². The van der Waals surface area contributed by atoms with Crippen LogP contribution in [0.3, 0.4) is 0 Å². The van der Waals surface area contributed by atoms with Gasteiger partial charge in [-0.05, 0) is 30.3 Å². The average molecular weight is 263 g/mol. The van der Waals surface area contributed by atoms with Crippen LogP contribution in [0.25, 0.3) is 0 Å². The summed E-state index contributed by atoms with van der Waals surface area (Å²) in [4.78, 5) is 12.1. The first-order valence-electron chi connectivity index (χ1n) is 5.46. The number of nitrogen functional groups attached to an aromatic ring is 1. The number of carbonyl (C=O) groups is 1. The molecule has 3 nitrogen and oxygen atoms in total. The molecule has 5 heteroatoms. The molecule has 0 heterocycles. The van der Waals surface area contributed by atoms with Crippen molar-refractivity contribution >= 4 is 11.5 Å². The highest BCUT2D eigenvalue weighted by molar-refractivity contribution is 6.12. The Morgan fingerprint density at radius 2 is 1.68 bits per heavy atom. The fourth-order valence-corrected chi connectivity index (χ4v) is 1.66. The summed E-state index contributed by atoms with van der Waals surface area (Å²) in [6, 6.07) is 7.86. The van der Waals surface area contributed by atoms with Crippen molar-refractivity contribution in [3.05, 3.63) is 59.2 Å². The number of methoxy groups -OCH3 is 1. The number of hydrogen-bond acceptors (Lipinski definition) is 3. The second kappa shape index (κ2) is 5.06. The third kappa shape index (κ3) is 2.54. The molecule has 0 atom stereocenters. The number of ether oxygens (including phenoxy) is 1. The van der Waals surface area contributed by atoms with Crippen molar-refractivity contribution in [1.82, 2.24) is 0 Å². The van der Waals surface area contributed by atoms with E-state index in [2.05, 4.69) is 0 Å². The third-order valence-electron chi connectivity index (χ3n) is 2.69. The number of nitrogens with two attached hydrogens (primary N) is 1. The van der Waals surface area contributed by atoms with Gasteiger partial charge in [0.05, 0.1) is 7.11 Å². The second-order valence-corrected chi connectivity index (χ2v) is 3.91. The van der Waals surface area contributed by atoms with E-state index in [1.807, 2.05) is 0 Å². The molecule has 0 unspecified atom stereocenters. The molecule has 0 aromatic heterocycles. The summed E-state index contributed by atoms with van der Waals surface area (Å²) in [6.45, 7) is 0. The number of benzene rings is 2. The summed E-state index contributed by atoms with van der Waals surface area (Å²) in [5.74, 6) is -2.07. The van der Waals surface area contributed by atoms with Crippen LogP contribution in [0.15, 0.2) is 36.4 Å². The lowest BCUT2D eigenvalue weighted by Crippen LogP contribution is -2.07. The summed E-state index contributed by atoms with van der Waals surface area (Å²) in [5.41, 5.74) is 5.69. The largest absolute Gasteiger partial charge is 0.497 e. The first kappa shape index (κ1) is 13.0. The summed E-state index contributed by atoms with van der Waals surface area (Å²) >= 11 is 0. The Balaban J connectivity index is 2.40. The zero-order valence-electron chi connectivity index (χ0n) is 10.1. The number of anilines is 1. The zero-order chi connectivity index (χ0) is 14.0. The van der Waals surface area contributed by atoms with Crippen molar-refractivity contribution in [2.24, 2.45) is 0 Å². The van der Waals surface area contributed by atoms with Crippen molar-refractivity contribution < 1.29 is 18.3 Å². The third-order valence-corrected chi connectivity index (χ3v) is 2.69. The fourth-order valence-electron chi connectivity index (χ4n) is 1.66. The lowest BCUT2D eigenvalue weighted by Gasteiger charge is -2.06. The van der Waals surface area contributed by atoms with Gasteiger partial charge in [0, 0.05) is 22.9 Å². The quantitative estimate of drug-likeness (QED) is 0.684. The first-order valence-corrected chi connectivity index (χ1v) is 5.46. The van der Waals surface area contributed by atoms with Gasteiger partial charge in [-0.3, -0.25) is 4.79 Å². The van der Waals surface area contributed by atoms with Gasteiger partial charge in [-0.2, -0.15) is 0 Å². The minimum Gasteiger partial charge on any atom is -0.497 e. The van der Waals surface area contributed by atoms with Crippen LogP contribution in [-0.2, 0) is 0 Å². The number of ketones is 1. The van der Waals surface area contributed by atoms with Crippen LogP contribution in [0, 0.1) is 11.6 Å². The van der Waals surface area contributed by atoms with Gasteiger partial charge >= 0.3 is 0 Å². The molecule has 2 aromatic carbocycles. The van der Waals surface area contributed by atoms with Crippen LogP contribution in [0.4, 0.5) is 14.5 Å². The molecule has 2 aromatic rings. The highest BCUT2D eigenvalue weighted by Crippen LogP contribution is 2.21. The van der Waals surface area contributed by atoms with Crippen LogP contribution < -0.4 is 10.5 Å². The van der Waals surface area contributed by atoms with Gasteiger partial charge in [0.1, 0.15) is 5.75 Å². The molecule has 0 aliphatic rings. The van der Waals surface area contributed by atoms with Gasteiger partial charge in [0.15, 0.2) is 17.4 Å². The molecule has 0 spiro atoms. The maximum atomic E-state index is 13.2. The zero-order valence-corrected chi connectivity index (χ0v) is 10.1. The maximum absolute atomic E-state index is 13.2. The molecule has 0 amide bonds. The van der Waals surface area contributed by atoms with Crippen molar-refractivity contribution in [3.8, 4) is 5.75 Å². The van der Waals surface area contributed by atoms with Crippen LogP contribution >= 0.6 is 0 Å². The van der Waals surface area contributed by atoms with Crippen molar-refractivity contribution in [1.29, 1.82) is 0 Å². The predicted molar refractivity (Wildman–Crippen MR) is 67.2 cm³/mol. The van der Waals surface area contributed by atoms with E-state index in [4.69, 9.17) is 10.5 Å². The minimum atomic E-state index is -1.11. The highest BCUT2D eigenvalue weighted by Gasteiger charge is 2.16. The van der Waals surface area contributed by atoms with Crippen molar-refractivity contribution in [3.63, 3.8) is 0 Å². The van der Waals surface area contributed by atoms with E-state index in [1.54, 1.807) is 12.1 Å². The molecule has 0 aliphatic carbocycles. The molecule has 0 fully saturated rings. The molecule has 0 aliphatic heterocycles. The summed E-state index contributed by atoms with van der Waals surface area (Å²) < 4.78 is 31.1. The molecule has 0 bridgehead atoms. The minimum absolute atomic E-state index is 0.0657. The predicted octanol–water partition coefficient (Wildman–Crippen LogP) is 2.79. The topological polar surface area (TPSA) is 52.3 Å². The van der Waals surface area contributed by atoms with Gasteiger partial charge in [0.25, 0.3) is 0 Å². The number of rotatable bonds is 3. The van der Waals surface area contributed by atoms with Crippen LogP contribution in [0.5, 0.6) is 5.75 Å². The Labute approximate surface area is 108 Å². The Bertz CT molecular complexity index is 624. The van der Waals surface area contributed by atoms with E-state index >= 15 is 0 Å². The lowest BCUT2D eigenvalue weighted by molar-refractivity contribution is 0.103. The van der Waals surface area contributed by atoms with E-state index in [0.29, 0.717) is 11.3 Å². The van der Waals surface area contributed by atoms with E-state index in [9.17, 15) is 13.6 Å². The molecule has 2 rings (SSSR count). The maximum Gasteiger partial charge on any atom is 0.195 e. The van der Waals surface area contributed by atoms with Crippen LogP contribution in [-0.4, -0.2) is 12.9 Å². The monoisotopic (exact) mass is 263 g/mol. The number of halogens is 2.